The number of terminal acetylenes is 1. The lowest BCUT2D eigenvalue weighted by atomic mass is 10.1. The van der Waals surface area contributed by atoms with Gasteiger partial charge in [0.2, 0.25) is 0 Å². The minimum Gasteiger partial charge on any atom is -0.311 e. The molecule has 10 nitrogen and oxygen atoms in total. The Morgan fingerprint density at radius 3 is 2.16 bits per heavy atom. The first-order valence-electron chi connectivity index (χ1n) is 10.6. The van der Waals surface area contributed by atoms with Gasteiger partial charge in [0.25, 0.3) is 25.7 Å². The van der Waals surface area contributed by atoms with Crippen molar-refractivity contribution in [1.29, 1.82) is 0 Å². The summed E-state index contributed by atoms with van der Waals surface area (Å²) in [6.07, 6.45) is 7.71. The maximum absolute atomic E-state index is 13.1. The fourth-order valence-corrected chi connectivity index (χ4v) is 5.04. The van der Waals surface area contributed by atoms with Crippen molar-refractivity contribution in [2.24, 2.45) is 4.40 Å². The van der Waals surface area contributed by atoms with Crippen LogP contribution < -0.4 is 5.43 Å². The molecule has 12 heteroatoms. The van der Waals surface area contributed by atoms with Crippen LogP contribution in [-0.4, -0.2) is 38.9 Å². The Bertz CT molecular complexity index is 1580. The summed E-state index contributed by atoms with van der Waals surface area (Å²) < 4.78 is 56.2. The van der Waals surface area contributed by atoms with Gasteiger partial charge in [-0.05, 0) is 36.8 Å². The molecule has 0 fully saturated rings. The average molecular weight is 539 g/mol. The van der Waals surface area contributed by atoms with Gasteiger partial charge < -0.3 is 5.43 Å². The molecule has 0 aliphatic rings. The third kappa shape index (κ3) is 6.89. The van der Waals surface area contributed by atoms with Crippen LogP contribution in [0.2, 0.25) is 0 Å². The highest BCUT2D eigenvalue weighted by atomic mass is 32.2. The van der Waals surface area contributed by atoms with Gasteiger partial charge in [-0.25, -0.2) is 8.42 Å². The van der Waals surface area contributed by atoms with E-state index in [4.69, 9.17) is 6.42 Å². The van der Waals surface area contributed by atoms with E-state index < -0.39 is 25.0 Å². The van der Waals surface area contributed by atoms with Gasteiger partial charge in [0.1, 0.15) is 0 Å². The number of nitro groups is 1. The zero-order valence-corrected chi connectivity index (χ0v) is 21.2. The van der Waals surface area contributed by atoms with Gasteiger partial charge >= 0.3 is 0 Å². The van der Waals surface area contributed by atoms with Crippen LogP contribution in [0.1, 0.15) is 11.1 Å². The predicted octanol–water partition coefficient (Wildman–Crippen LogP) is 3.53. The maximum atomic E-state index is 13.1. The standard InChI is InChI=1S/C25H22N4O6S2/c1-3-17-28(37(34,35)25-13-9-20(2)10-14-25)26-18-22(21-7-5-4-6-8-21)19-27-36(32,33)24-15-11-23(12-16-24)29(30)31/h1,4-16,18-19,26H,17H2,2H3/b22-18-,27-19+. The van der Waals surface area contributed by atoms with E-state index in [1.807, 2.05) is 6.92 Å². The van der Waals surface area contributed by atoms with Gasteiger partial charge in [-0.1, -0.05) is 53.9 Å². The minimum absolute atomic E-state index is 0.0185. The number of rotatable bonds is 10. The highest BCUT2D eigenvalue weighted by Crippen LogP contribution is 2.20. The number of allylic oxidation sites excluding steroid dienone is 1. The van der Waals surface area contributed by atoms with Crippen molar-refractivity contribution >= 4 is 37.5 Å². The van der Waals surface area contributed by atoms with Crippen molar-refractivity contribution in [3.63, 3.8) is 0 Å². The third-order valence-electron chi connectivity index (χ3n) is 4.99. The number of hydrogen-bond acceptors (Lipinski definition) is 7. The van der Waals surface area contributed by atoms with Crippen LogP contribution >= 0.6 is 0 Å². The summed E-state index contributed by atoms with van der Waals surface area (Å²) in [6.45, 7) is 1.51. The molecule has 0 radical (unpaired) electrons. The molecule has 0 unspecified atom stereocenters. The van der Waals surface area contributed by atoms with Gasteiger partial charge in [0.05, 0.1) is 21.3 Å². The van der Waals surface area contributed by atoms with Crippen LogP contribution in [0, 0.1) is 29.4 Å². The third-order valence-corrected chi connectivity index (χ3v) is 7.92. The molecule has 190 valence electrons. The largest absolute Gasteiger partial charge is 0.311 e. The Hall–Kier alpha value is -4.31. The molecule has 0 saturated carbocycles. The predicted molar refractivity (Wildman–Crippen MR) is 140 cm³/mol. The zero-order chi connectivity index (χ0) is 27.1. The summed E-state index contributed by atoms with van der Waals surface area (Å²) in [7, 11) is -8.25. The highest BCUT2D eigenvalue weighted by molar-refractivity contribution is 7.90. The molecule has 3 rings (SSSR count). The molecule has 0 amide bonds. The van der Waals surface area contributed by atoms with Crippen molar-refractivity contribution in [1.82, 2.24) is 9.84 Å². The lowest BCUT2D eigenvalue weighted by Crippen LogP contribution is -2.40. The smallest absolute Gasteiger partial charge is 0.282 e. The number of nitro benzene ring substituents is 1. The van der Waals surface area contributed by atoms with E-state index >= 15 is 0 Å². The van der Waals surface area contributed by atoms with Gasteiger partial charge in [0, 0.05) is 30.1 Å². The van der Waals surface area contributed by atoms with Gasteiger partial charge in [0.15, 0.2) is 0 Å². The lowest BCUT2D eigenvalue weighted by Gasteiger charge is -2.20. The van der Waals surface area contributed by atoms with E-state index in [2.05, 4.69) is 15.7 Å². The summed E-state index contributed by atoms with van der Waals surface area (Å²) in [4.78, 5) is 9.97. The maximum Gasteiger partial charge on any atom is 0.282 e. The number of benzene rings is 3. The second-order valence-corrected chi connectivity index (χ2v) is 11.1. The molecular weight excluding hydrogens is 516 g/mol. The molecule has 1 N–H and O–H groups in total. The Morgan fingerprint density at radius 1 is 1.00 bits per heavy atom. The van der Waals surface area contributed by atoms with Crippen LogP contribution in [0.5, 0.6) is 0 Å². The van der Waals surface area contributed by atoms with Gasteiger partial charge in [-0.15, -0.1) is 10.8 Å². The molecule has 0 saturated heterocycles. The summed E-state index contributed by atoms with van der Waals surface area (Å²) >= 11 is 0. The SMILES string of the molecule is C#CCN(N/C=C(/C=N/S(=O)(=O)c1ccc([N+](=O)[O-])cc1)c1ccccc1)S(=O)(=O)c1ccc(C)cc1. The van der Waals surface area contributed by atoms with E-state index in [0.29, 0.717) is 5.56 Å². The van der Waals surface area contributed by atoms with Crippen LogP contribution in [0.25, 0.3) is 5.57 Å². The quantitative estimate of drug-likeness (QED) is 0.180. The number of aryl methyl sites for hydroxylation is 1. The van der Waals surface area contributed by atoms with Crippen LogP contribution in [-0.2, 0) is 20.0 Å². The molecule has 0 aliphatic heterocycles. The van der Waals surface area contributed by atoms with E-state index in [1.165, 1.54) is 18.3 Å². The second-order valence-electron chi connectivity index (χ2n) is 7.58. The molecule has 0 bridgehead atoms. The Morgan fingerprint density at radius 2 is 1.59 bits per heavy atom. The first-order chi connectivity index (χ1) is 17.5. The molecule has 3 aromatic rings. The summed E-state index contributed by atoms with van der Waals surface area (Å²) in [5, 5.41) is 10.8. The van der Waals surface area contributed by atoms with E-state index in [9.17, 15) is 26.9 Å². The van der Waals surface area contributed by atoms with Crippen molar-refractivity contribution < 1.29 is 21.8 Å². The normalized spacial score (nSPS) is 12.4. The van der Waals surface area contributed by atoms with Crippen molar-refractivity contribution in [2.45, 2.75) is 16.7 Å². The van der Waals surface area contributed by atoms with Gasteiger partial charge in [-0.3, -0.25) is 10.1 Å². The van der Waals surface area contributed by atoms with Crippen molar-refractivity contribution in [3.05, 3.63) is 106 Å². The first kappa shape index (κ1) is 27.3. The Balaban J connectivity index is 1.96. The fourth-order valence-electron chi connectivity index (χ4n) is 3.01. The second kappa shape index (κ2) is 11.6. The highest BCUT2D eigenvalue weighted by Gasteiger charge is 2.23. The molecule has 0 aliphatic carbocycles. The Labute approximate surface area is 215 Å². The molecule has 0 heterocycles. The average Bonchev–Trinajstić information content (AvgIpc) is 2.88. The monoisotopic (exact) mass is 538 g/mol. The van der Waals surface area contributed by atoms with Crippen molar-refractivity contribution in [2.75, 3.05) is 6.54 Å². The topological polar surface area (TPSA) is 139 Å². The number of hydrogen-bond donors (Lipinski definition) is 1. The summed E-state index contributed by atoms with van der Waals surface area (Å²) in [5.74, 6) is 2.29. The molecule has 0 spiro atoms. The van der Waals surface area contributed by atoms with E-state index in [0.717, 1.165) is 40.5 Å². The summed E-state index contributed by atoms with van der Waals surface area (Å²) in [5.41, 5.74) is 4.03. The number of nitrogens with one attached hydrogen (secondary N) is 1. The zero-order valence-electron chi connectivity index (χ0n) is 19.6. The molecule has 0 atom stereocenters. The van der Waals surface area contributed by atoms with Crippen LogP contribution in [0.4, 0.5) is 5.69 Å². The fraction of sp³-hybridized carbons (Fsp3) is 0.0800. The molecule has 0 aromatic heterocycles. The minimum atomic E-state index is -4.22. The molecular formula is C25H22N4O6S2. The lowest BCUT2D eigenvalue weighted by molar-refractivity contribution is -0.384. The Kier molecular flexibility index (Phi) is 8.56. The number of sulfonamides is 2. The summed E-state index contributed by atoms with van der Waals surface area (Å²) in [6, 6.07) is 19.0. The number of hydrazine groups is 1. The number of non-ortho nitro benzene ring substituents is 1. The van der Waals surface area contributed by atoms with Crippen LogP contribution in [0.15, 0.2) is 99.3 Å². The van der Waals surface area contributed by atoms with E-state index in [1.54, 1.807) is 42.5 Å². The van der Waals surface area contributed by atoms with Crippen molar-refractivity contribution in [3.8, 4) is 12.3 Å². The number of nitrogens with zero attached hydrogens (tertiary/aromatic N) is 3. The van der Waals surface area contributed by atoms with Gasteiger partial charge in [-0.2, -0.15) is 12.8 Å². The van der Waals surface area contributed by atoms with Crippen LogP contribution in [0.3, 0.4) is 0 Å². The molecule has 3 aromatic carbocycles. The molecule has 37 heavy (non-hydrogen) atoms. The first-order valence-corrected chi connectivity index (χ1v) is 13.5. The van der Waals surface area contributed by atoms with E-state index in [-0.39, 0.29) is 27.6 Å².